The van der Waals surface area contributed by atoms with E-state index in [1.165, 1.54) is 0 Å². The zero-order valence-electron chi connectivity index (χ0n) is 20.1. The second kappa shape index (κ2) is 9.78. The third-order valence-electron chi connectivity index (χ3n) is 7.11. The van der Waals surface area contributed by atoms with E-state index in [9.17, 15) is 9.59 Å². The summed E-state index contributed by atoms with van der Waals surface area (Å²) in [7, 11) is 0. The van der Waals surface area contributed by atoms with Crippen LogP contribution in [0.5, 0.6) is 0 Å². The largest absolute Gasteiger partial charge is 0.364 e. The van der Waals surface area contributed by atoms with Gasteiger partial charge in [-0.2, -0.15) is 0 Å². The second-order valence-corrected chi connectivity index (χ2v) is 9.35. The number of likely N-dealkylation sites (tertiary alicyclic amines) is 1. The van der Waals surface area contributed by atoms with E-state index in [4.69, 9.17) is 5.73 Å². The van der Waals surface area contributed by atoms with Crippen molar-refractivity contribution in [2.45, 2.75) is 39.3 Å². The van der Waals surface area contributed by atoms with E-state index in [2.05, 4.69) is 33.8 Å². The molecule has 1 aliphatic heterocycles. The minimum atomic E-state index is -0.449. The van der Waals surface area contributed by atoms with Crippen molar-refractivity contribution in [3.05, 3.63) is 78.6 Å². The summed E-state index contributed by atoms with van der Waals surface area (Å²) < 4.78 is 4.10. The first kappa shape index (κ1) is 22.9. The number of hydrogen-bond donors (Lipinski definition) is 1. The number of piperidine rings is 1. The Morgan fingerprint density at radius 2 is 1.83 bits per heavy atom. The van der Waals surface area contributed by atoms with Crippen LogP contribution in [0.1, 0.15) is 42.4 Å². The molecule has 2 aromatic carbocycles. The topological polar surface area (TPSA) is 86.2 Å². The second-order valence-electron chi connectivity index (χ2n) is 9.35. The summed E-state index contributed by atoms with van der Waals surface area (Å²) >= 11 is 0. The Labute approximate surface area is 205 Å². The van der Waals surface area contributed by atoms with E-state index < -0.39 is 5.91 Å². The fourth-order valence-corrected chi connectivity index (χ4v) is 5.16. The molecule has 180 valence electrons. The van der Waals surface area contributed by atoms with Gasteiger partial charge in [-0.25, -0.2) is 4.98 Å². The molecule has 0 bridgehead atoms. The smallest absolute Gasteiger partial charge is 0.265 e. The first-order valence-corrected chi connectivity index (χ1v) is 12.3. The number of hydrogen-bond acceptors (Lipinski definition) is 3. The predicted octanol–water partition coefficient (Wildman–Crippen LogP) is 4.30. The standard InChI is InChI=1S/C28H31N5O2/c1-2-27(34)31-12-10-20(11-13-31)16-33-19-30-15-23(33)18-32-17-22(14-26(32)28(29)35)25-9-5-7-21-6-3-4-8-24(21)25/h3-9,14-15,17,19-20H,2,10-13,16,18H2,1H3,(H2,29,35). The van der Waals surface area contributed by atoms with Crippen LogP contribution in [0.2, 0.25) is 0 Å². The Balaban J connectivity index is 1.37. The lowest BCUT2D eigenvalue weighted by molar-refractivity contribution is -0.132. The van der Waals surface area contributed by atoms with Crippen molar-refractivity contribution in [1.29, 1.82) is 0 Å². The number of aromatic nitrogens is 3. The lowest BCUT2D eigenvalue weighted by atomic mass is 9.96. The average Bonchev–Trinajstić information content (AvgIpc) is 3.51. The monoisotopic (exact) mass is 469 g/mol. The number of imidazole rings is 1. The van der Waals surface area contributed by atoms with Crippen molar-refractivity contribution < 1.29 is 9.59 Å². The normalized spacial score (nSPS) is 14.5. The molecule has 0 saturated carbocycles. The van der Waals surface area contributed by atoms with Crippen LogP contribution in [0.15, 0.2) is 67.3 Å². The molecule has 7 nitrogen and oxygen atoms in total. The van der Waals surface area contributed by atoms with Crippen molar-refractivity contribution >= 4 is 22.6 Å². The van der Waals surface area contributed by atoms with E-state index in [-0.39, 0.29) is 5.91 Å². The third-order valence-corrected chi connectivity index (χ3v) is 7.11. The summed E-state index contributed by atoms with van der Waals surface area (Å²) in [5.41, 5.74) is 9.32. The van der Waals surface area contributed by atoms with Gasteiger partial charge in [0.1, 0.15) is 5.69 Å². The number of benzene rings is 2. The summed E-state index contributed by atoms with van der Waals surface area (Å²) in [6.07, 6.45) is 8.27. The first-order valence-electron chi connectivity index (χ1n) is 12.3. The summed E-state index contributed by atoms with van der Waals surface area (Å²) in [4.78, 5) is 30.7. The van der Waals surface area contributed by atoms with Crippen LogP contribution in [0.4, 0.5) is 0 Å². The molecule has 5 rings (SSSR count). The van der Waals surface area contributed by atoms with Crippen LogP contribution in [0.3, 0.4) is 0 Å². The number of carbonyl (C=O) groups is 2. The van der Waals surface area contributed by atoms with Crippen molar-refractivity contribution in [2.24, 2.45) is 11.7 Å². The summed E-state index contributed by atoms with van der Waals surface area (Å²) in [6.45, 7) is 4.92. The number of nitrogens with two attached hydrogens (primary N) is 1. The molecule has 1 saturated heterocycles. The Morgan fingerprint density at radius 1 is 1.06 bits per heavy atom. The minimum Gasteiger partial charge on any atom is -0.364 e. The van der Waals surface area contributed by atoms with E-state index >= 15 is 0 Å². The molecule has 2 amide bonds. The minimum absolute atomic E-state index is 0.236. The molecular weight excluding hydrogens is 438 g/mol. The van der Waals surface area contributed by atoms with Gasteiger partial charge in [0.25, 0.3) is 5.91 Å². The summed E-state index contributed by atoms with van der Waals surface area (Å²) in [5.74, 6) is 0.284. The highest BCUT2D eigenvalue weighted by Gasteiger charge is 2.23. The molecule has 1 fully saturated rings. The van der Waals surface area contributed by atoms with Gasteiger partial charge in [-0.1, -0.05) is 49.4 Å². The van der Waals surface area contributed by atoms with Gasteiger partial charge < -0.3 is 19.8 Å². The lowest BCUT2D eigenvalue weighted by Crippen LogP contribution is -2.39. The molecular formula is C28H31N5O2. The molecule has 2 aromatic heterocycles. The number of primary amides is 1. The van der Waals surface area contributed by atoms with Crippen molar-refractivity contribution in [2.75, 3.05) is 13.1 Å². The molecule has 0 spiro atoms. The van der Waals surface area contributed by atoms with E-state index in [0.717, 1.165) is 60.1 Å². The average molecular weight is 470 g/mol. The van der Waals surface area contributed by atoms with Gasteiger partial charge >= 0.3 is 0 Å². The fraction of sp³-hybridized carbons (Fsp3) is 0.321. The highest BCUT2D eigenvalue weighted by Crippen LogP contribution is 2.30. The molecule has 0 atom stereocenters. The maximum absolute atomic E-state index is 12.3. The van der Waals surface area contributed by atoms with Crippen LogP contribution in [-0.4, -0.2) is 43.9 Å². The van der Waals surface area contributed by atoms with Gasteiger partial charge in [-0.15, -0.1) is 0 Å². The highest BCUT2D eigenvalue weighted by atomic mass is 16.2. The summed E-state index contributed by atoms with van der Waals surface area (Å²) in [6, 6.07) is 16.3. The van der Waals surface area contributed by atoms with E-state index in [1.54, 1.807) is 0 Å². The third kappa shape index (κ3) is 4.71. The van der Waals surface area contributed by atoms with Crippen molar-refractivity contribution in [3.8, 4) is 11.1 Å². The highest BCUT2D eigenvalue weighted by molar-refractivity contribution is 5.99. The molecule has 3 heterocycles. The number of fused-ring (bicyclic) bond motifs is 1. The zero-order valence-corrected chi connectivity index (χ0v) is 20.1. The molecule has 7 heteroatoms. The van der Waals surface area contributed by atoms with Crippen LogP contribution in [0.25, 0.3) is 21.9 Å². The Hall–Kier alpha value is -3.87. The number of rotatable bonds is 7. The molecule has 4 aromatic rings. The SMILES string of the molecule is CCC(=O)N1CCC(Cn2cncc2Cn2cc(-c3cccc4ccccc34)cc2C(N)=O)CC1. The summed E-state index contributed by atoms with van der Waals surface area (Å²) in [5, 5.41) is 2.30. The Kier molecular flexibility index (Phi) is 6.40. The van der Waals surface area contributed by atoms with Crippen LogP contribution in [0, 0.1) is 5.92 Å². The lowest BCUT2D eigenvalue weighted by Gasteiger charge is -2.32. The van der Waals surface area contributed by atoms with Gasteiger partial charge in [-0.3, -0.25) is 9.59 Å². The van der Waals surface area contributed by atoms with Gasteiger partial charge in [0.15, 0.2) is 0 Å². The maximum Gasteiger partial charge on any atom is 0.265 e. The number of nitrogens with zero attached hydrogens (tertiary/aromatic N) is 4. The molecule has 0 radical (unpaired) electrons. The quantitative estimate of drug-likeness (QED) is 0.438. The van der Waals surface area contributed by atoms with E-state index in [0.29, 0.717) is 24.6 Å². The molecule has 0 aliphatic carbocycles. The van der Waals surface area contributed by atoms with Crippen molar-refractivity contribution in [3.63, 3.8) is 0 Å². The number of carbonyl (C=O) groups excluding carboxylic acids is 2. The molecule has 0 unspecified atom stereocenters. The van der Waals surface area contributed by atoms with Crippen molar-refractivity contribution in [1.82, 2.24) is 19.0 Å². The van der Waals surface area contributed by atoms with E-state index in [1.807, 2.05) is 59.4 Å². The van der Waals surface area contributed by atoms with Crippen LogP contribution >= 0.6 is 0 Å². The van der Waals surface area contributed by atoms with Crippen LogP contribution < -0.4 is 5.73 Å². The predicted molar refractivity (Wildman–Crippen MR) is 137 cm³/mol. The molecule has 1 aliphatic rings. The Morgan fingerprint density at radius 3 is 2.60 bits per heavy atom. The fourth-order valence-electron chi connectivity index (χ4n) is 5.16. The van der Waals surface area contributed by atoms with Gasteiger partial charge in [0, 0.05) is 44.0 Å². The first-order chi connectivity index (χ1) is 17.0. The maximum atomic E-state index is 12.3. The van der Waals surface area contributed by atoms with Gasteiger partial charge in [0.2, 0.25) is 5.91 Å². The van der Waals surface area contributed by atoms with Gasteiger partial charge in [-0.05, 0) is 41.2 Å². The molecule has 2 N–H and O–H groups in total. The van der Waals surface area contributed by atoms with Gasteiger partial charge in [0.05, 0.1) is 18.6 Å². The van der Waals surface area contributed by atoms with Crippen LogP contribution in [-0.2, 0) is 17.9 Å². The molecule has 35 heavy (non-hydrogen) atoms. The Bertz CT molecular complexity index is 1360. The zero-order chi connectivity index (χ0) is 24.4. The number of amides is 2.